The van der Waals surface area contributed by atoms with Crippen LogP contribution in [0.1, 0.15) is 10.4 Å². The third-order valence-corrected chi connectivity index (χ3v) is 3.20. The number of methoxy groups -OCH3 is 1. The number of hydrogen-bond donors (Lipinski definition) is 1. The van der Waals surface area contributed by atoms with Gasteiger partial charge in [0, 0.05) is 6.07 Å². The Morgan fingerprint density at radius 1 is 1.23 bits per heavy atom. The number of nitrogens with one attached hydrogen (secondary N) is 1. The number of hydrogen-bond acceptors (Lipinski definition) is 3. The Labute approximate surface area is 132 Å². The van der Waals surface area contributed by atoms with E-state index in [0.717, 1.165) is 0 Å². The lowest BCUT2D eigenvalue weighted by atomic mass is 10.2. The number of amides is 1. The molecule has 6 heteroatoms. The van der Waals surface area contributed by atoms with Crippen LogP contribution in [0.2, 0.25) is 5.02 Å². The van der Waals surface area contributed by atoms with E-state index in [2.05, 4.69) is 5.32 Å². The van der Waals surface area contributed by atoms with Crippen LogP contribution in [0.5, 0.6) is 11.5 Å². The molecule has 0 saturated carbocycles. The van der Waals surface area contributed by atoms with Gasteiger partial charge in [-0.25, -0.2) is 4.39 Å². The minimum absolute atomic E-state index is 0.0752. The lowest BCUT2D eigenvalue weighted by Gasteiger charge is -2.10. The molecule has 22 heavy (non-hydrogen) atoms. The van der Waals surface area contributed by atoms with Crippen LogP contribution < -0.4 is 14.8 Å². The molecule has 0 aliphatic heterocycles. The normalized spacial score (nSPS) is 10.1. The molecule has 0 saturated heterocycles. The van der Waals surface area contributed by atoms with Crippen molar-refractivity contribution < 1.29 is 18.7 Å². The Morgan fingerprint density at radius 2 is 1.95 bits per heavy atom. The zero-order chi connectivity index (χ0) is 15.9. The minimum atomic E-state index is -0.654. The summed E-state index contributed by atoms with van der Waals surface area (Å²) in [5, 5.41) is 2.64. The van der Waals surface area contributed by atoms with Gasteiger partial charge in [-0.15, -0.1) is 0 Å². The van der Waals surface area contributed by atoms with Gasteiger partial charge in [0.05, 0.1) is 24.2 Å². The SMILES string of the molecule is COc1cccc(OCCNC(=O)c2c(F)cccc2Cl)c1. The van der Waals surface area contributed by atoms with Gasteiger partial charge in [0.25, 0.3) is 5.91 Å². The number of halogens is 2. The van der Waals surface area contributed by atoms with Crippen LogP contribution in [0.4, 0.5) is 4.39 Å². The van der Waals surface area contributed by atoms with Crippen molar-refractivity contribution >= 4 is 17.5 Å². The highest BCUT2D eigenvalue weighted by molar-refractivity contribution is 6.33. The molecule has 4 nitrogen and oxygen atoms in total. The molecule has 0 atom stereocenters. The highest BCUT2D eigenvalue weighted by Crippen LogP contribution is 2.19. The zero-order valence-electron chi connectivity index (χ0n) is 11.9. The van der Waals surface area contributed by atoms with Crippen molar-refractivity contribution in [3.8, 4) is 11.5 Å². The molecule has 0 fully saturated rings. The Morgan fingerprint density at radius 3 is 2.68 bits per heavy atom. The fraction of sp³-hybridized carbons (Fsp3) is 0.188. The van der Waals surface area contributed by atoms with Crippen molar-refractivity contribution in [1.29, 1.82) is 0 Å². The van der Waals surface area contributed by atoms with E-state index < -0.39 is 11.7 Å². The second-order valence-corrected chi connectivity index (χ2v) is 4.79. The van der Waals surface area contributed by atoms with Gasteiger partial charge in [-0.3, -0.25) is 4.79 Å². The summed E-state index contributed by atoms with van der Waals surface area (Å²) in [5.41, 5.74) is -0.162. The first-order valence-electron chi connectivity index (χ1n) is 6.61. The van der Waals surface area contributed by atoms with Crippen molar-refractivity contribution in [1.82, 2.24) is 5.32 Å². The fourth-order valence-electron chi connectivity index (χ4n) is 1.83. The number of benzene rings is 2. The van der Waals surface area contributed by atoms with E-state index in [1.54, 1.807) is 31.4 Å². The van der Waals surface area contributed by atoms with Gasteiger partial charge < -0.3 is 14.8 Å². The monoisotopic (exact) mass is 323 g/mol. The molecule has 0 spiro atoms. The van der Waals surface area contributed by atoms with Crippen LogP contribution in [0, 0.1) is 5.82 Å². The third-order valence-electron chi connectivity index (χ3n) is 2.89. The standard InChI is InChI=1S/C16H15ClFNO3/c1-21-11-4-2-5-12(10-11)22-9-8-19-16(20)15-13(17)6-3-7-14(15)18/h2-7,10H,8-9H2,1H3,(H,19,20). The van der Waals surface area contributed by atoms with Crippen LogP contribution in [0.25, 0.3) is 0 Å². The number of ether oxygens (including phenoxy) is 2. The maximum atomic E-state index is 13.6. The zero-order valence-corrected chi connectivity index (χ0v) is 12.7. The summed E-state index contributed by atoms with van der Waals surface area (Å²) in [4.78, 5) is 11.9. The van der Waals surface area contributed by atoms with E-state index in [4.69, 9.17) is 21.1 Å². The molecule has 0 unspecified atom stereocenters. The Hall–Kier alpha value is -2.27. The van der Waals surface area contributed by atoms with Gasteiger partial charge in [-0.05, 0) is 24.3 Å². The largest absolute Gasteiger partial charge is 0.497 e. The van der Waals surface area contributed by atoms with Gasteiger partial charge in [0.15, 0.2) is 0 Å². The molecule has 2 aromatic carbocycles. The summed E-state index contributed by atoms with van der Waals surface area (Å²) in [6.07, 6.45) is 0. The molecule has 116 valence electrons. The molecule has 0 aliphatic rings. The van der Waals surface area contributed by atoms with E-state index in [1.807, 2.05) is 0 Å². The molecule has 0 aliphatic carbocycles. The summed E-state index contributed by atoms with van der Waals surface area (Å²) in [7, 11) is 1.57. The third kappa shape index (κ3) is 4.11. The molecule has 0 aromatic heterocycles. The smallest absolute Gasteiger partial charge is 0.255 e. The molecular formula is C16H15ClFNO3. The van der Waals surface area contributed by atoms with Gasteiger partial charge in [-0.2, -0.15) is 0 Å². The summed E-state index contributed by atoms with van der Waals surface area (Å²) < 4.78 is 24.1. The van der Waals surface area contributed by atoms with Gasteiger partial charge in [-0.1, -0.05) is 23.7 Å². The fourth-order valence-corrected chi connectivity index (χ4v) is 2.08. The number of rotatable bonds is 6. The second-order valence-electron chi connectivity index (χ2n) is 4.38. The summed E-state index contributed by atoms with van der Waals surface area (Å²) in [5.74, 6) is 0.0771. The van der Waals surface area contributed by atoms with Crippen LogP contribution in [-0.4, -0.2) is 26.2 Å². The molecule has 1 N–H and O–H groups in total. The molecule has 2 rings (SSSR count). The molecular weight excluding hydrogens is 309 g/mol. The lowest BCUT2D eigenvalue weighted by molar-refractivity contribution is 0.0943. The first-order valence-corrected chi connectivity index (χ1v) is 6.98. The Kier molecular flexibility index (Phi) is 5.61. The molecule has 1 amide bonds. The molecule has 0 heterocycles. The van der Waals surface area contributed by atoms with Gasteiger partial charge in [0.1, 0.15) is 23.9 Å². The van der Waals surface area contributed by atoms with Crippen LogP contribution >= 0.6 is 11.6 Å². The average molecular weight is 324 g/mol. The summed E-state index contributed by atoms with van der Waals surface area (Å²) >= 11 is 5.82. The average Bonchev–Trinajstić information content (AvgIpc) is 2.51. The van der Waals surface area contributed by atoms with Gasteiger partial charge in [0.2, 0.25) is 0 Å². The van der Waals surface area contributed by atoms with Crippen LogP contribution in [-0.2, 0) is 0 Å². The highest BCUT2D eigenvalue weighted by atomic mass is 35.5. The minimum Gasteiger partial charge on any atom is -0.497 e. The van der Waals surface area contributed by atoms with Crippen molar-refractivity contribution in [3.05, 3.63) is 58.9 Å². The topological polar surface area (TPSA) is 47.6 Å². The Bertz CT molecular complexity index is 643. The molecule has 0 radical (unpaired) electrons. The molecule has 2 aromatic rings. The van der Waals surface area contributed by atoms with E-state index in [1.165, 1.54) is 18.2 Å². The van der Waals surface area contributed by atoms with Crippen molar-refractivity contribution in [2.45, 2.75) is 0 Å². The van der Waals surface area contributed by atoms with E-state index in [9.17, 15) is 9.18 Å². The highest BCUT2D eigenvalue weighted by Gasteiger charge is 2.14. The summed E-state index contributed by atoms with van der Waals surface area (Å²) in [6.45, 7) is 0.464. The summed E-state index contributed by atoms with van der Waals surface area (Å²) in [6, 6.07) is 11.2. The van der Waals surface area contributed by atoms with Crippen molar-refractivity contribution in [3.63, 3.8) is 0 Å². The van der Waals surface area contributed by atoms with Crippen molar-refractivity contribution in [2.24, 2.45) is 0 Å². The first-order chi connectivity index (χ1) is 10.6. The second kappa shape index (κ2) is 7.66. The first kappa shape index (κ1) is 16.1. The van der Waals surface area contributed by atoms with E-state index in [0.29, 0.717) is 11.5 Å². The number of carbonyl (C=O) groups is 1. The predicted octanol–water partition coefficient (Wildman–Crippen LogP) is 3.30. The van der Waals surface area contributed by atoms with Crippen molar-refractivity contribution in [2.75, 3.05) is 20.3 Å². The van der Waals surface area contributed by atoms with E-state index >= 15 is 0 Å². The maximum absolute atomic E-state index is 13.6. The predicted molar refractivity (Wildman–Crippen MR) is 82.2 cm³/mol. The Balaban J connectivity index is 1.85. The van der Waals surface area contributed by atoms with Crippen LogP contribution in [0.15, 0.2) is 42.5 Å². The van der Waals surface area contributed by atoms with Crippen LogP contribution in [0.3, 0.4) is 0 Å². The quantitative estimate of drug-likeness (QED) is 0.830. The number of carbonyl (C=O) groups excluding carboxylic acids is 1. The van der Waals surface area contributed by atoms with E-state index in [-0.39, 0.29) is 23.7 Å². The van der Waals surface area contributed by atoms with Gasteiger partial charge >= 0.3 is 0 Å². The molecule has 0 bridgehead atoms. The lowest BCUT2D eigenvalue weighted by Crippen LogP contribution is -2.29. The maximum Gasteiger partial charge on any atom is 0.255 e.